The number of ether oxygens (including phenoxy) is 3. The van der Waals surface area contributed by atoms with Crippen molar-refractivity contribution in [1.82, 2.24) is 0 Å². The van der Waals surface area contributed by atoms with Crippen molar-refractivity contribution in [3.05, 3.63) is 40.9 Å². The van der Waals surface area contributed by atoms with Crippen LogP contribution in [0.3, 0.4) is 0 Å². The number of rotatable bonds is 6. The van der Waals surface area contributed by atoms with Crippen molar-refractivity contribution in [3.8, 4) is 17.2 Å². The minimum absolute atomic E-state index is 0.111. The van der Waals surface area contributed by atoms with Crippen LogP contribution in [0.1, 0.15) is 0 Å². The number of anilines is 1. The first kappa shape index (κ1) is 17.4. The maximum absolute atomic E-state index is 12.5. The highest BCUT2D eigenvalue weighted by atomic mass is 79.9. The molecule has 124 valence electrons. The van der Waals surface area contributed by atoms with Crippen molar-refractivity contribution >= 4 is 31.6 Å². The SMILES string of the molecule is COc1ccc(S(=O)(=O)Nc2ccc(OC)c(OC)c2)cc1Br. The topological polar surface area (TPSA) is 73.9 Å². The second-order valence-corrected chi connectivity index (χ2v) is 7.01. The maximum Gasteiger partial charge on any atom is 0.261 e. The Morgan fingerprint density at radius 2 is 1.48 bits per heavy atom. The van der Waals surface area contributed by atoms with E-state index >= 15 is 0 Å². The Kier molecular flexibility index (Phi) is 5.38. The van der Waals surface area contributed by atoms with Crippen LogP contribution in [0.2, 0.25) is 0 Å². The summed E-state index contributed by atoms with van der Waals surface area (Å²) in [4.78, 5) is 0.111. The third-order valence-electron chi connectivity index (χ3n) is 3.07. The fourth-order valence-electron chi connectivity index (χ4n) is 1.93. The summed E-state index contributed by atoms with van der Waals surface area (Å²) in [6.07, 6.45) is 0. The molecule has 0 unspecified atom stereocenters. The van der Waals surface area contributed by atoms with Gasteiger partial charge in [0.05, 0.1) is 36.4 Å². The standard InChI is InChI=1S/C15H16BrNO5S/c1-20-13-7-5-11(9-12(13)16)23(18,19)17-10-4-6-14(21-2)15(8-10)22-3/h4-9,17H,1-3H3. The lowest BCUT2D eigenvalue weighted by molar-refractivity contribution is 0.355. The van der Waals surface area contributed by atoms with Crippen LogP contribution in [0.25, 0.3) is 0 Å². The zero-order valence-electron chi connectivity index (χ0n) is 12.8. The Morgan fingerprint density at radius 3 is 2.04 bits per heavy atom. The molecule has 0 amide bonds. The molecule has 0 saturated heterocycles. The summed E-state index contributed by atoms with van der Waals surface area (Å²) in [5.74, 6) is 1.50. The van der Waals surface area contributed by atoms with Crippen molar-refractivity contribution in [3.63, 3.8) is 0 Å². The number of hydrogen-bond acceptors (Lipinski definition) is 5. The average Bonchev–Trinajstić information content (AvgIpc) is 2.54. The Morgan fingerprint density at radius 1 is 0.870 bits per heavy atom. The second-order valence-electron chi connectivity index (χ2n) is 4.47. The Labute approximate surface area is 143 Å². The zero-order valence-corrected chi connectivity index (χ0v) is 15.2. The van der Waals surface area contributed by atoms with E-state index in [9.17, 15) is 8.42 Å². The molecule has 0 bridgehead atoms. The van der Waals surface area contributed by atoms with E-state index in [4.69, 9.17) is 14.2 Å². The van der Waals surface area contributed by atoms with Crippen molar-refractivity contribution in [2.45, 2.75) is 4.90 Å². The van der Waals surface area contributed by atoms with Gasteiger partial charge in [-0.2, -0.15) is 0 Å². The monoisotopic (exact) mass is 401 g/mol. The largest absolute Gasteiger partial charge is 0.496 e. The lowest BCUT2D eigenvalue weighted by atomic mass is 10.3. The lowest BCUT2D eigenvalue weighted by Crippen LogP contribution is -2.13. The molecule has 0 aliphatic heterocycles. The predicted molar refractivity (Wildman–Crippen MR) is 91.0 cm³/mol. The smallest absolute Gasteiger partial charge is 0.261 e. The molecule has 0 aromatic heterocycles. The van der Waals surface area contributed by atoms with Crippen molar-refractivity contribution in [1.29, 1.82) is 0 Å². The molecule has 2 aromatic carbocycles. The van der Waals surface area contributed by atoms with Gasteiger partial charge in [-0.1, -0.05) is 0 Å². The third-order valence-corrected chi connectivity index (χ3v) is 5.07. The molecule has 2 rings (SSSR count). The molecule has 0 atom stereocenters. The van der Waals surface area contributed by atoms with Crippen molar-refractivity contribution < 1.29 is 22.6 Å². The summed E-state index contributed by atoms with van der Waals surface area (Å²) in [6, 6.07) is 9.29. The normalized spacial score (nSPS) is 11.0. The van der Waals surface area contributed by atoms with Gasteiger partial charge in [0.25, 0.3) is 10.0 Å². The van der Waals surface area contributed by atoms with Crippen LogP contribution in [0, 0.1) is 0 Å². The van der Waals surface area contributed by atoms with Gasteiger partial charge < -0.3 is 14.2 Å². The van der Waals surface area contributed by atoms with Gasteiger partial charge in [-0.25, -0.2) is 8.42 Å². The fourth-order valence-corrected chi connectivity index (χ4v) is 3.70. The van der Waals surface area contributed by atoms with Crippen LogP contribution >= 0.6 is 15.9 Å². The zero-order chi connectivity index (χ0) is 17.0. The molecule has 0 aliphatic carbocycles. The molecule has 0 saturated carbocycles. The number of nitrogens with one attached hydrogen (secondary N) is 1. The fraction of sp³-hybridized carbons (Fsp3) is 0.200. The summed E-state index contributed by atoms with van der Waals surface area (Å²) in [5.41, 5.74) is 0.370. The molecule has 1 N–H and O–H groups in total. The number of sulfonamides is 1. The van der Waals surface area contributed by atoms with E-state index in [-0.39, 0.29) is 4.90 Å². The number of benzene rings is 2. The summed E-state index contributed by atoms with van der Waals surface area (Å²) >= 11 is 3.27. The van der Waals surface area contributed by atoms with Gasteiger partial charge in [-0.3, -0.25) is 4.72 Å². The number of methoxy groups -OCH3 is 3. The van der Waals surface area contributed by atoms with Gasteiger partial charge in [0, 0.05) is 6.07 Å². The first-order valence-electron chi connectivity index (χ1n) is 6.49. The Hall–Kier alpha value is -1.93. The van der Waals surface area contributed by atoms with Gasteiger partial charge in [-0.15, -0.1) is 0 Å². The van der Waals surface area contributed by atoms with Crippen LogP contribution < -0.4 is 18.9 Å². The highest BCUT2D eigenvalue weighted by Crippen LogP contribution is 2.32. The Bertz CT molecular complexity index is 808. The molecular weight excluding hydrogens is 386 g/mol. The van der Waals surface area contributed by atoms with Gasteiger partial charge >= 0.3 is 0 Å². The molecular formula is C15H16BrNO5S. The number of halogens is 1. The summed E-state index contributed by atoms with van der Waals surface area (Å²) in [7, 11) is 0.766. The molecule has 6 nitrogen and oxygen atoms in total. The summed E-state index contributed by atoms with van der Waals surface area (Å²) in [6.45, 7) is 0. The highest BCUT2D eigenvalue weighted by Gasteiger charge is 2.17. The Balaban J connectivity index is 2.33. The van der Waals surface area contributed by atoms with Crippen molar-refractivity contribution in [2.75, 3.05) is 26.1 Å². The van der Waals surface area contributed by atoms with E-state index in [2.05, 4.69) is 20.7 Å². The average molecular weight is 402 g/mol. The first-order chi connectivity index (χ1) is 10.9. The molecule has 0 spiro atoms. The molecule has 23 heavy (non-hydrogen) atoms. The van der Waals surface area contributed by atoms with Crippen LogP contribution in [-0.2, 0) is 10.0 Å². The van der Waals surface area contributed by atoms with E-state index in [0.29, 0.717) is 27.4 Å². The maximum atomic E-state index is 12.5. The van der Waals surface area contributed by atoms with Crippen LogP contribution in [0.4, 0.5) is 5.69 Å². The van der Waals surface area contributed by atoms with E-state index in [1.165, 1.54) is 33.5 Å². The highest BCUT2D eigenvalue weighted by molar-refractivity contribution is 9.10. The van der Waals surface area contributed by atoms with Crippen LogP contribution in [0.15, 0.2) is 45.8 Å². The van der Waals surface area contributed by atoms with Crippen LogP contribution in [0.5, 0.6) is 17.2 Å². The van der Waals surface area contributed by atoms with Gasteiger partial charge in [0.2, 0.25) is 0 Å². The lowest BCUT2D eigenvalue weighted by Gasteiger charge is -2.12. The number of hydrogen-bond donors (Lipinski definition) is 1. The van der Waals surface area contributed by atoms with E-state index in [1.54, 1.807) is 24.3 Å². The van der Waals surface area contributed by atoms with Crippen molar-refractivity contribution in [2.24, 2.45) is 0 Å². The summed E-state index contributed by atoms with van der Waals surface area (Å²) < 4.78 is 43.4. The van der Waals surface area contributed by atoms with Gasteiger partial charge in [0.1, 0.15) is 5.75 Å². The van der Waals surface area contributed by atoms with E-state index in [1.807, 2.05) is 0 Å². The summed E-state index contributed by atoms with van der Waals surface area (Å²) in [5, 5.41) is 0. The van der Waals surface area contributed by atoms with Crippen LogP contribution in [-0.4, -0.2) is 29.7 Å². The predicted octanol–water partition coefficient (Wildman–Crippen LogP) is 3.28. The van der Waals surface area contributed by atoms with E-state index in [0.717, 1.165) is 0 Å². The van der Waals surface area contributed by atoms with Gasteiger partial charge in [0.15, 0.2) is 11.5 Å². The minimum atomic E-state index is -3.74. The molecule has 8 heteroatoms. The van der Waals surface area contributed by atoms with Gasteiger partial charge in [-0.05, 0) is 46.3 Å². The minimum Gasteiger partial charge on any atom is -0.496 e. The quantitative estimate of drug-likeness (QED) is 0.803. The third kappa shape index (κ3) is 3.89. The first-order valence-corrected chi connectivity index (χ1v) is 8.77. The molecule has 0 aliphatic rings. The molecule has 0 radical (unpaired) electrons. The van der Waals surface area contributed by atoms with E-state index < -0.39 is 10.0 Å². The molecule has 2 aromatic rings. The second kappa shape index (κ2) is 7.10. The molecule has 0 heterocycles. The molecule has 0 fully saturated rings.